The molecular formula is C22H24N4O3S. The van der Waals surface area contributed by atoms with Gasteiger partial charge >= 0.3 is 0 Å². The van der Waals surface area contributed by atoms with E-state index in [1.54, 1.807) is 0 Å². The van der Waals surface area contributed by atoms with E-state index in [0.717, 1.165) is 41.9 Å². The van der Waals surface area contributed by atoms with Crippen molar-refractivity contribution < 1.29 is 13.2 Å². The highest BCUT2D eigenvalue weighted by molar-refractivity contribution is 7.91. The third-order valence-electron chi connectivity index (χ3n) is 5.78. The molecule has 2 fully saturated rings. The summed E-state index contributed by atoms with van der Waals surface area (Å²) in [5.74, 6) is 1.26. The van der Waals surface area contributed by atoms with Crippen LogP contribution in [0.4, 0.5) is 5.82 Å². The first-order chi connectivity index (χ1) is 14.5. The normalized spacial score (nSPS) is 19.1. The van der Waals surface area contributed by atoms with Gasteiger partial charge in [-0.3, -0.25) is 14.1 Å². The van der Waals surface area contributed by atoms with Crippen LogP contribution in [0.3, 0.4) is 0 Å². The molecule has 1 aromatic carbocycles. The molecule has 0 atom stereocenters. The van der Waals surface area contributed by atoms with Crippen LogP contribution in [0.5, 0.6) is 0 Å². The standard InChI is InChI=1S/C22H24N4O3S/c27-22(18-8-9-18)24-20-15-26-19(2-1-3-21(26)23-20)17-6-4-16(5-7-17)14-25-10-12-30(28,29)13-11-25/h1-7,15,18H,8-14H2,(H,24,27). The smallest absolute Gasteiger partial charge is 0.228 e. The lowest BCUT2D eigenvalue weighted by Crippen LogP contribution is -2.39. The molecule has 2 aromatic heterocycles. The molecule has 7 nitrogen and oxygen atoms in total. The molecule has 5 rings (SSSR count). The van der Waals surface area contributed by atoms with Gasteiger partial charge in [0.05, 0.1) is 23.4 Å². The Morgan fingerprint density at radius 3 is 2.50 bits per heavy atom. The largest absolute Gasteiger partial charge is 0.309 e. The van der Waals surface area contributed by atoms with Gasteiger partial charge in [0.2, 0.25) is 5.91 Å². The maximum atomic E-state index is 12.0. The van der Waals surface area contributed by atoms with E-state index in [-0.39, 0.29) is 23.3 Å². The third-order valence-corrected chi connectivity index (χ3v) is 7.39. The minimum Gasteiger partial charge on any atom is -0.309 e. The summed E-state index contributed by atoms with van der Waals surface area (Å²) in [4.78, 5) is 18.8. The molecule has 0 unspecified atom stereocenters. The highest BCUT2D eigenvalue weighted by Gasteiger charge is 2.30. The van der Waals surface area contributed by atoms with Gasteiger partial charge in [-0.1, -0.05) is 30.3 Å². The van der Waals surface area contributed by atoms with E-state index in [1.165, 1.54) is 0 Å². The monoisotopic (exact) mass is 424 g/mol. The quantitative estimate of drug-likeness (QED) is 0.681. The first kappa shape index (κ1) is 19.3. The Bertz CT molecular complexity index is 1180. The Labute approximate surface area is 175 Å². The highest BCUT2D eigenvalue weighted by Crippen LogP contribution is 2.30. The molecule has 1 aliphatic heterocycles. The SMILES string of the molecule is O=C(Nc1cn2c(-c3ccc(CN4CCS(=O)(=O)CC4)cc3)cccc2n1)C1CC1. The zero-order valence-corrected chi connectivity index (χ0v) is 17.4. The van der Waals surface area contributed by atoms with Gasteiger partial charge in [-0.2, -0.15) is 0 Å². The molecule has 0 spiro atoms. The number of nitrogens with zero attached hydrogens (tertiary/aromatic N) is 3. The number of nitrogens with one attached hydrogen (secondary N) is 1. The molecule has 156 valence electrons. The average molecular weight is 425 g/mol. The van der Waals surface area contributed by atoms with Crippen LogP contribution in [-0.4, -0.2) is 53.2 Å². The van der Waals surface area contributed by atoms with Crippen LogP contribution >= 0.6 is 0 Å². The van der Waals surface area contributed by atoms with Crippen LogP contribution in [0.1, 0.15) is 18.4 Å². The second kappa shape index (κ2) is 7.52. The fraction of sp³-hybridized carbons (Fsp3) is 0.364. The number of rotatable bonds is 5. The number of benzene rings is 1. The molecule has 3 aromatic rings. The summed E-state index contributed by atoms with van der Waals surface area (Å²) in [5, 5.41) is 2.91. The van der Waals surface area contributed by atoms with E-state index in [4.69, 9.17) is 0 Å². The van der Waals surface area contributed by atoms with Crippen molar-refractivity contribution in [2.45, 2.75) is 19.4 Å². The number of aromatic nitrogens is 2. The van der Waals surface area contributed by atoms with Gasteiger partial charge in [-0.05, 0) is 36.1 Å². The van der Waals surface area contributed by atoms with Gasteiger partial charge in [0.1, 0.15) is 5.65 Å². The number of anilines is 1. The molecule has 8 heteroatoms. The topological polar surface area (TPSA) is 83.8 Å². The zero-order chi connectivity index (χ0) is 20.7. The van der Waals surface area contributed by atoms with Crippen LogP contribution in [-0.2, 0) is 21.2 Å². The van der Waals surface area contributed by atoms with Gasteiger partial charge < -0.3 is 5.32 Å². The lowest BCUT2D eigenvalue weighted by atomic mass is 10.1. The Morgan fingerprint density at radius 1 is 1.07 bits per heavy atom. The predicted molar refractivity (Wildman–Crippen MR) is 116 cm³/mol. The minimum absolute atomic E-state index is 0.0508. The summed E-state index contributed by atoms with van der Waals surface area (Å²) in [6, 6.07) is 14.3. The van der Waals surface area contributed by atoms with Crippen LogP contribution in [0.15, 0.2) is 48.7 Å². The third kappa shape index (κ3) is 4.11. The van der Waals surface area contributed by atoms with Crippen molar-refractivity contribution in [2.24, 2.45) is 5.92 Å². The van der Waals surface area contributed by atoms with Crippen LogP contribution in [0.2, 0.25) is 0 Å². The summed E-state index contributed by atoms with van der Waals surface area (Å²) in [5.41, 5.74) is 4.01. The fourth-order valence-corrected chi connectivity index (χ4v) is 5.10. The van der Waals surface area contributed by atoms with Crippen LogP contribution in [0, 0.1) is 5.92 Å². The van der Waals surface area contributed by atoms with E-state index in [1.807, 2.05) is 28.8 Å². The minimum atomic E-state index is -2.86. The molecule has 0 bridgehead atoms. The average Bonchev–Trinajstić information content (AvgIpc) is 3.50. The van der Waals surface area contributed by atoms with Gasteiger partial charge in [0.15, 0.2) is 15.7 Å². The summed E-state index contributed by atoms with van der Waals surface area (Å²) in [6.07, 6.45) is 3.79. The molecule has 2 aliphatic rings. The number of hydrogen-bond donors (Lipinski definition) is 1. The molecule has 3 heterocycles. The second-order valence-electron chi connectivity index (χ2n) is 8.15. The van der Waals surface area contributed by atoms with E-state index in [9.17, 15) is 13.2 Å². The number of fused-ring (bicyclic) bond motifs is 1. The van der Waals surface area contributed by atoms with Crippen molar-refractivity contribution in [3.8, 4) is 11.3 Å². The van der Waals surface area contributed by atoms with Gasteiger partial charge in [-0.25, -0.2) is 13.4 Å². The summed E-state index contributed by atoms with van der Waals surface area (Å²) < 4.78 is 25.2. The lowest BCUT2D eigenvalue weighted by molar-refractivity contribution is -0.117. The lowest BCUT2D eigenvalue weighted by Gasteiger charge is -2.26. The van der Waals surface area contributed by atoms with E-state index < -0.39 is 9.84 Å². The highest BCUT2D eigenvalue weighted by atomic mass is 32.2. The molecule has 1 amide bonds. The molecular weight excluding hydrogens is 400 g/mol. The van der Waals surface area contributed by atoms with Gasteiger partial charge in [0, 0.05) is 25.6 Å². The Kier molecular flexibility index (Phi) is 4.83. The van der Waals surface area contributed by atoms with Crippen molar-refractivity contribution in [3.05, 3.63) is 54.2 Å². The maximum Gasteiger partial charge on any atom is 0.228 e. The van der Waals surface area contributed by atoms with Crippen LogP contribution in [0.25, 0.3) is 16.9 Å². The van der Waals surface area contributed by atoms with E-state index >= 15 is 0 Å². The first-order valence-electron chi connectivity index (χ1n) is 10.3. The second-order valence-corrected chi connectivity index (χ2v) is 10.5. The summed E-state index contributed by atoms with van der Waals surface area (Å²) in [6.45, 7) is 1.93. The maximum absolute atomic E-state index is 12.0. The molecule has 30 heavy (non-hydrogen) atoms. The van der Waals surface area contributed by atoms with Gasteiger partial charge in [-0.15, -0.1) is 0 Å². The number of imidazole rings is 1. The summed E-state index contributed by atoms with van der Waals surface area (Å²) in [7, 11) is -2.86. The number of amides is 1. The Morgan fingerprint density at radius 2 is 1.80 bits per heavy atom. The Hall–Kier alpha value is -2.71. The molecule has 1 aliphatic carbocycles. The number of carbonyl (C=O) groups is 1. The van der Waals surface area contributed by atoms with Crippen molar-refractivity contribution in [3.63, 3.8) is 0 Å². The molecule has 1 saturated heterocycles. The zero-order valence-electron chi connectivity index (χ0n) is 16.6. The Balaban J connectivity index is 1.33. The van der Waals surface area contributed by atoms with E-state index in [0.29, 0.717) is 18.9 Å². The van der Waals surface area contributed by atoms with E-state index in [2.05, 4.69) is 39.5 Å². The number of pyridine rings is 1. The summed E-state index contributed by atoms with van der Waals surface area (Å²) >= 11 is 0. The molecule has 0 radical (unpaired) electrons. The van der Waals surface area contributed by atoms with Crippen molar-refractivity contribution in [1.29, 1.82) is 0 Å². The van der Waals surface area contributed by atoms with Crippen LogP contribution < -0.4 is 5.32 Å². The van der Waals surface area contributed by atoms with Crippen molar-refractivity contribution in [1.82, 2.24) is 14.3 Å². The molecule has 1 N–H and O–H groups in total. The van der Waals surface area contributed by atoms with Crippen molar-refractivity contribution in [2.75, 3.05) is 29.9 Å². The van der Waals surface area contributed by atoms with Gasteiger partial charge in [0.25, 0.3) is 0 Å². The number of sulfone groups is 1. The van der Waals surface area contributed by atoms with Crippen molar-refractivity contribution >= 4 is 27.2 Å². The number of hydrogen-bond acceptors (Lipinski definition) is 5. The molecule has 1 saturated carbocycles. The fourth-order valence-electron chi connectivity index (χ4n) is 3.83. The number of carbonyl (C=O) groups excluding carboxylic acids is 1. The first-order valence-corrected chi connectivity index (χ1v) is 12.1. The predicted octanol–water partition coefficient (Wildman–Crippen LogP) is 2.58.